The quantitative estimate of drug-likeness (QED) is 0.620. The number of sulfonamides is 1. The van der Waals surface area contributed by atoms with E-state index in [1.807, 2.05) is 0 Å². The third-order valence-corrected chi connectivity index (χ3v) is 3.23. The van der Waals surface area contributed by atoms with Crippen LogP contribution in [0.2, 0.25) is 0 Å². The van der Waals surface area contributed by atoms with E-state index in [-0.39, 0.29) is 5.56 Å². The zero-order valence-electron chi connectivity index (χ0n) is 8.17. The molecule has 0 spiro atoms. The Bertz CT molecular complexity index is 584. The van der Waals surface area contributed by atoms with Crippen LogP contribution >= 0.6 is 0 Å². The maximum Gasteiger partial charge on any atom is 0.337 e. The summed E-state index contributed by atoms with van der Waals surface area (Å²) in [5.41, 5.74) is -0.210. The van der Waals surface area contributed by atoms with Gasteiger partial charge in [-0.3, -0.25) is 0 Å². The lowest BCUT2D eigenvalue weighted by atomic mass is 10.1. The van der Waals surface area contributed by atoms with Crippen LogP contribution in [-0.4, -0.2) is 25.6 Å². The van der Waals surface area contributed by atoms with E-state index in [4.69, 9.17) is 5.11 Å². The molecular weight excluding hydrogens is 234 g/mol. The summed E-state index contributed by atoms with van der Waals surface area (Å²) in [6, 6.07) is 3.95. The van der Waals surface area contributed by atoms with Gasteiger partial charge < -0.3 is 5.11 Å². The van der Waals surface area contributed by atoms with E-state index in [0.717, 1.165) is 12.1 Å². The Morgan fingerprint density at radius 3 is 2.56 bits per heavy atom. The SMILES string of the molecule is Cc1cccc(C(=O)O)c1S(=O)(=O)N=C=O. The van der Waals surface area contributed by atoms with Crippen LogP contribution in [0.25, 0.3) is 0 Å². The molecule has 1 aromatic carbocycles. The van der Waals surface area contributed by atoms with Crippen LogP contribution in [0.5, 0.6) is 0 Å². The van der Waals surface area contributed by atoms with Crippen LogP contribution in [0.15, 0.2) is 27.5 Å². The van der Waals surface area contributed by atoms with Crippen molar-refractivity contribution in [3.8, 4) is 0 Å². The zero-order chi connectivity index (χ0) is 12.3. The first-order valence-electron chi connectivity index (χ1n) is 4.07. The third-order valence-electron chi connectivity index (χ3n) is 1.86. The van der Waals surface area contributed by atoms with Crippen molar-refractivity contribution in [2.75, 3.05) is 0 Å². The smallest absolute Gasteiger partial charge is 0.337 e. The van der Waals surface area contributed by atoms with Gasteiger partial charge in [0.1, 0.15) is 4.90 Å². The first-order chi connectivity index (χ1) is 7.40. The molecule has 0 aromatic heterocycles. The summed E-state index contributed by atoms with van der Waals surface area (Å²) in [5.74, 6) is -1.40. The number of aromatic carboxylic acids is 1. The van der Waals surface area contributed by atoms with E-state index in [2.05, 4.69) is 4.40 Å². The van der Waals surface area contributed by atoms with Gasteiger partial charge in [-0.15, -0.1) is 0 Å². The molecule has 84 valence electrons. The normalized spacial score (nSPS) is 10.6. The van der Waals surface area contributed by atoms with E-state index >= 15 is 0 Å². The van der Waals surface area contributed by atoms with Gasteiger partial charge in [0.2, 0.25) is 0 Å². The number of hydrogen-bond donors (Lipinski definition) is 1. The highest BCUT2D eigenvalue weighted by Gasteiger charge is 2.23. The molecule has 0 aliphatic heterocycles. The first kappa shape index (κ1) is 12.1. The molecule has 0 saturated heterocycles. The predicted octanol–water partition coefficient (Wildman–Crippen LogP) is 0.718. The molecule has 0 amide bonds. The lowest BCUT2D eigenvalue weighted by Crippen LogP contribution is -2.09. The molecular formula is C9H7NO5S. The summed E-state index contributed by atoms with van der Waals surface area (Å²) in [5, 5.41) is 8.82. The van der Waals surface area contributed by atoms with Crippen LogP contribution in [0, 0.1) is 6.92 Å². The number of aryl methyl sites for hydroxylation is 1. The van der Waals surface area contributed by atoms with E-state index < -0.39 is 26.5 Å². The number of hydrogen-bond acceptors (Lipinski definition) is 4. The Labute approximate surface area is 91.3 Å². The highest BCUT2D eigenvalue weighted by Crippen LogP contribution is 2.22. The molecule has 0 aliphatic carbocycles. The number of benzene rings is 1. The molecule has 7 heteroatoms. The van der Waals surface area contributed by atoms with Gasteiger partial charge >= 0.3 is 5.97 Å². The van der Waals surface area contributed by atoms with Gasteiger partial charge in [0.15, 0.2) is 0 Å². The molecule has 0 saturated carbocycles. The molecule has 16 heavy (non-hydrogen) atoms. The minimum absolute atomic E-state index is 0.207. The fraction of sp³-hybridized carbons (Fsp3) is 0.111. The van der Waals surface area contributed by atoms with Crippen molar-refractivity contribution in [1.29, 1.82) is 0 Å². The van der Waals surface area contributed by atoms with Gasteiger partial charge in [0.05, 0.1) is 5.56 Å². The minimum Gasteiger partial charge on any atom is -0.478 e. The first-order valence-corrected chi connectivity index (χ1v) is 5.51. The summed E-state index contributed by atoms with van der Waals surface area (Å²) in [6.45, 7) is 1.42. The average Bonchev–Trinajstić information content (AvgIpc) is 2.16. The Morgan fingerprint density at radius 2 is 2.06 bits per heavy atom. The van der Waals surface area contributed by atoms with Crippen molar-refractivity contribution in [2.24, 2.45) is 4.40 Å². The number of carboxylic acids is 1. The summed E-state index contributed by atoms with van der Waals surface area (Å²) in [4.78, 5) is 20.3. The van der Waals surface area contributed by atoms with Gasteiger partial charge in [-0.2, -0.15) is 8.42 Å². The third kappa shape index (κ3) is 2.16. The Kier molecular flexibility index (Phi) is 3.22. The number of carbonyl (C=O) groups is 1. The van der Waals surface area contributed by atoms with E-state index in [1.54, 1.807) is 0 Å². The highest BCUT2D eigenvalue weighted by atomic mass is 32.2. The van der Waals surface area contributed by atoms with Crippen molar-refractivity contribution >= 4 is 22.1 Å². The average molecular weight is 241 g/mol. The molecule has 0 atom stereocenters. The monoisotopic (exact) mass is 241 g/mol. The highest BCUT2D eigenvalue weighted by molar-refractivity contribution is 7.90. The Balaban J connectivity index is 3.67. The molecule has 0 fully saturated rings. The van der Waals surface area contributed by atoms with Crippen molar-refractivity contribution in [3.63, 3.8) is 0 Å². The molecule has 1 aromatic rings. The second-order valence-corrected chi connectivity index (χ2v) is 4.46. The molecule has 0 aliphatic rings. The summed E-state index contributed by atoms with van der Waals surface area (Å²) in [7, 11) is -4.30. The molecule has 1 rings (SSSR count). The topological polar surface area (TPSA) is 101 Å². The number of carboxylic acid groups (broad SMARTS) is 1. The lowest BCUT2D eigenvalue weighted by molar-refractivity contribution is 0.0692. The van der Waals surface area contributed by atoms with E-state index in [0.29, 0.717) is 0 Å². The van der Waals surface area contributed by atoms with Crippen LogP contribution in [0.1, 0.15) is 15.9 Å². The fourth-order valence-corrected chi connectivity index (χ4v) is 2.36. The van der Waals surface area contributed by atoms with Gasteiger partial charge in [0, 0.05) is 0 Å². The van der Waals surface area contributed by atoms with Crippen molar-refractivity contribution < 1.29 is 23.1 Å². The maximum atomic E-state index is 11.5. The van der Waals surface area contributed by atoms with Crippen molar-refractivity contribution in [1.82, 2.24) is 0 Å². The van der Waals surface area contributed by atoms with Crippen LogP contribution in [0.4, 0.5) is 0 Å². The van der Waals surface area contributed by atoms with Gasteiger partial charge in [-0.1, -0.05) is 16.5 Å². The number of nitrogens with zero attached hydrogens (tertiary/aromatic N) is 1. The van der Waals surface area contributed by atoms with Gasteiger partial charge in [0.25, 0.3) is 16.1 Å². The summed E-state index contributed by atoms with van der Waals surface area (Å²) >= 11 is 0. The second-order valence-electron chi connectivity index (χ2n) is 2.91. The van der Waals surface area contributed by atoms with Gasteiger partial charge in [-0.25, -0.2) is 9.59 Å². The molecule has 0 unspecified atom stereocenters. The maximum absolute atomic E-state index is 11.5. The summed E-state index contributed by atoms with van der Waals surface area (Å²) < 4.78 is 25.6. The Morgan fingerprint density at radius 1 is 1.44 bits per heavy atom. The standard InChI is InChI=1S/C9H7NO5S/c1-6-3-2-4-7(9(12)13)8(6)16(14,15)10-5-11/h2-4H,1H3,(H,12,13). The molecule has 6 nitrogen and oxygen atoms in total. The van der Waals surface area contributed by atoms with Crippen molar-refractivity contribution in [2.45, 2.75) is 11.8 Å². The number of carbonyl (C=O) groups excluding carboxylic acids is 1. The van der Waals surface area contributed by atoms with Crippen LogP contribution < -0.4 is 0 Å². The predicted molar refractivity (Wildman–Crippen MR) is 53.4 cm³/mol. The van der Waals surface area contributed by atoms with Crippen LogP contribution in [0.3, 0.4) is 0 Å². The van der Waals surface area contributed by atoms with Gasteiger partial charge in [-0.05, 0) is 18.6 Å². The molecule has 0 heterocycles. The number of isocyanates is 1. The van der Waals surface area contributed by atoms with E-state index in [9.17, 15) is 18.0 Å². The molecule has 0 bridgehead atoms. The zero-order valence-corrected chi connectivity index (χ0v) is 8.98. The largest absolute Gasteiger partial charge is 0.478 e. The fourth-order valence-electron chi connectivity index (χ4n) is 1.26. The van der Waals surface area contributed by atoms with Crippen molar-refractivity contribution in [3.05, 3.63) is 29.3 Å². The summed E-state index contributed by atoms with van der Waals surface area (Å²) in [6.07, 6.45) is 0.894. The minimum atomic E-state index is -4.30. The van der Waals surface area contributed by atoms with Crippen LogP contribution in [-0.2, 0) is 14.8 Å². The molecule has 1 N–H and O–H groups in total. The second kappa shape index (κ2) is 4.26. The number of rotatable bonds is 3. The lowest BCUT2D eigenvalue weighted by Gasteiger charge is -2.05. The Hall–Kier alpha value is -1.98. The molecule has 0 radical (unpaired) electrons. The van der Waals surface area contributed by atoms with E-state index in [1.165, 1.54) is 19.1 Å².